The van der Waals surface area contributed by atoms with E-state index in [0.717, 1.165) is 34.7 Å². The highest BCUT2D eigenvalue weighted by atomic mass is 32.1. The van der Waals surface area contributed by atoms with Crippen LogP contribution in [-0.4, -0.2) is 41.0 Å². The Balaban J connectivity index is 1.79. The van der Waals surface area contributed by atoms with E-state index in [2.05, 4.69) is 27.2 Å². The van der Waals surface area contributed by atoms with Crippen LogP contribution in [0, 0.1) is 13.8 Å². The van der Waals surface area contributed by atoms with E-state index in [4.69, 9.17) is 0 Å². The van der Waals surface area contributed by atoms with Crippen molar-refractivity contribution in [1.82, 2.24) is 20.2 Å². The Hall–Kier alpha value is -1.24. The molecule has 0 aromatic carbocycles. The standard InChI is InChI=1S/C15H22N4OS/c1-9-10(2)21-15-13(9)14(20)17-12(18-15)8-19(3)7-11-5-4-6-16-11/h11,16H,4-8H2,1-3H3,(H,17,18,20). The summed E-state index contributed by atoms with van der Waals surface area (Å²) >= 11 is 1.61. The first-order chi connectivity index (χ1) is 10.0. The van der Waals surface area contributed by atoms with Crippen molar-refractivity contribution < 1.29 is 0 Å². The van der Waals surface area contributed by atoms with Gasteiger partial charge in [-0.3, -0.25) is 9.69 Å². The van der Waals surface area contributed by atoms with Gasteiger partial charge in [0.25, 0.3) is 5.56 Å². The number of hydrogen-bond acceptors (Lipinski definition) is 5. The molecule has 2 aromatic heterocycles. The van der Waals surface area contributed by atoms with Gasteiger partial charge >= 0.3 is 0 Å². The van der Waals surface area contributed by atoms with Crippen molar-refractivity contribution in [3.8, 4) is 0 Å². The lowest BCUT2D eigenvalue weighted by molar-refractivity contribution is 0.287. The van der Waals surface area contributed by atoms with Gasteiger partial charge in [-0.1, -0.05) is 0 Å². The Kier molecular flexibility index (Phi) is 4.10. The van der Waals surface area contributed by atoms with Crippen molar-refractivity contribution in [3.05, 3.63) is 26.6 Å². The van der Waals surface area contributed by atoms with Gasteiger partial charge in [-0.25, -0.2) is 4.98 Å². The second kappa shape index (κ2) is 5.87. The Morgan fingerprint density at radius 3 is 2.95 bits per heavy atom. The van der Waals surface area contributed by atoms with Crippen molar-refractivity contribution in [1.29, 1.82) is 0 Å². The predicted molar refractivity (Wildman–Crippen MR) is 87.1 cm³/mol. The van der Waals surface area contributed by atoms with Crippen molar-refractivity contribution in [2.45, 2.75) is 39.3 Å². The lowest BCUT2D eigenvalue weighted by atomic mass is 10.2. The fourth-order valence-electron chi connectivity index (χ4n) is 2.98. The molecule has 1 unspecified atom stereocenters. The molecular formula is C15H22N4OS. The molecule has 0 amide bonds. The van der Waals surface area contributed by atoms with Gasteiger partial charge in [0.2, 0.25) is 0 Å². The maximum absolute atomic E-state index is 12.2. The summed E-state index contributed by atoms with van der Waals surface area (Å²) in [6.07, 6.45) is 2.49. The maximum atomic E-state index is 12.2. The van der Waals surface area contributed by atoms with Crippen LogP contribution in [-0.2, 0) is 6.54 Å². The lowest BCUT2D eigenvalue weighted by Gasteiger charge is -2.20. The summed E-state index contributed by atoms with van der Waals surface area (Å²) in [4.78, 5) is 24.1. The highest BCUT2D eigenvalue weighted by molar-refractivity contribution is 7.18. The molecule has 114 valence electrons. The molecule has 1 aliphatic rings. The fraction of sp³-hybridized carbons (Fsp3) is 0.600. The average Bonchev–Trinajstić information content (AvgIpc) is 2.99. The van der Waals surface area contributed by atoms with Crippen LogP contribution in [0.4, 0.5) is 0 Å². The number of fused-ring (bicyclic) bond motifs is 1. The molecule has 0 aliphatic carbocycles. The van der Waals surface area contributed by atoms with Crippen LogP contribution in [0.3, 0.4) is 0 Å². The van der Waals surface area contributed by atoms with Gasteiger partial charge in [0, 0.05) is 17.5 Å². The highest BCUT2D eigenvalue weighted by Gasteiger charge is 2.17. The summed E-state index contributed by atoms with van der Waals surface area (Å²) in [6.45, 7) is 6.82. The van der Waals surface area contributed by atoms with E-state index in [0.29, 0.717) is 12.6 Å². The van der Waals surface area contributed by atoms with Crippen LogP contribution in [0.2, 0.25) is 0 Å². The minimum Gasteiger partial charge on any atom is -0.313 e. The quantitative estimate of drug-likeness (QED) is 0.904. The van der Waals surface area contributed by atoms with E-state index in [1.54, 1.807) is 11.3 Å². The molecule has 0 bridgehead atoms. The number of likely N-dealkylation sites (N-methyl/N-ethyl adjacent to an activating group) is 1. The molecule has 21 heavy (non-hydrogen) atoms. The number of H-pyrrole nitrogens is 1. The van der Waals surface area contributed by atoms with Gasteiger partial charge in [0.05, 0.1) is 11.9 Å². The lowest BCUT2D eigenvalue weighted by Crippen LogP contribution is -2.35. The number of nitrogens with one attached hydrogen (secondary N) is 2. The molecule has 0 radical (unpaired) electrons. The van der Waals surface area contributed by atoms with Crippen molar-refractivity contribution in [2.24, 2.45) is 0 Å². The monoisotopic (exact) mass is 306 g/mol. The van der Waals surface area contributed by atoms with Gasteiger partial charge in [-0.15, -0.1) is 11.3 Å². The smallest absolute Gasteiger partial charge is 0.259 e. The summed E-state index contributed by atoms with van der Waals surface area (Å²) in [5, 5.41) is 4.24. The zero-order valence-electron chi connectivity index (χ0n) is 12.8. The average molecular weight is 306 g/mol. The van der Waals surface area contributed by atoms with Crippen LogP contribution in [0.25, 0.3) is 10.2 Å². The molecule has 1 aliphatic heterocycles. The number of rotatable bonds is 4. The molecule has 3 rings (SSSR count). The van der Waals surface area contributed by atoms with E-state index < -0.39 is 0 Å². The van der Waals surface area contributed by atoms with Gasteiger partial charge in [-0.05, 0) is 45.8 Å². The molecule has 6 heteroatoms. The van der Waals surface area contributed by atoms with Crippen molar-refractivity contribution in [3.63, 3.8) is 0 Å². The number of thiophene rings is 1. The fourth-order valence-corrected chi connectivity index (χ4v) is 4.03. The second-order valence-corrected chi connectivity index (χ2v) is 7.17. The normalized spacial score (nSPS) is 19.0. The third-order valence-corrected chi connectivity index (χ3v) is 5.30. The van der Waals surface area contributed by atoms with Gasteiger partial charge in [0.15, 0.2) is 0 Å². The maximum Gasteiger partial charge on any atom is 0.259 e. The van der Waals surface area contributed by atoms with E-state index in [-0.39, 0.29) is 5.56 Å². The Bertz CT molecular complexity index is 699. The van der Waals surface area contributed by atoms with Crippen LogP contribution >= 0.6 is 11.3 Å². The first-order valence-corrected chi connectivity index (χ1v) is 8.27. The van der Waals surface area contributed by atoms with E-state index in [1.165, 1.54) is 17.7 Å². The minimum absolute atomic E-state index is 0.00996. The topological polar surface area (TPSA) is 61.0 Å². The minimum atomic E-state index is -0.00996. The summed E-state index contributed by atoms with van der Waals surface area (Å²) in [6, 6.07) is 0.566. The van der Waals surface area contributed by atoms with Crippen molar-refractivity contribution in [2.75, 3.05) is 20.1 Å². The molecule has 0 saturated carbocycles. The highest BCUT2D eigenvalue weighted by Crippen LogP contribution is 2.25. The molecule has 1 atom stereocenters. The third-order valence-electron chi connectivity index (χ3n) is 4.20. The molecule has 0 spiro atoms. The molecule has 1 saturated heterocycles. The Labute approximate surface area is 128 Å². The van der Waals surface area contributed by atoms with Crippen LogP contribution in [0.5, 0.6) is 0 Å². The number of aromatic amines is 1. The Morgan fingerprint density at radius 2 is 2.24 bits per heavy atom. The third kappa shape index (κ3) is 3.02. The first-order valence-electron chi connectivity index (χ1n) is 7.45. The number of aryl methyl sites for hydroxylation is 2. The summed E-state index contributed by atoms with van der Waals surface area (Å²) in [5.41, 5.74) is 1.04. The number of hydrogen-bond donors (Lipinski definition) is 2. The van der Waals surface area contributed by atoms with Crippen LogP contribution in [0.15, 0.2) is 4.79 Å². The predicted octanol–water partition coefficient (Wildman–Crippen LogP) is 1.79. The summed E-state index contributed by atoms with van der Waals surface area (Å²) < 4.78 is 0. The molecule has 2 aromatic rings. The number of aromatic nitrogens is 2. The largest absolute Gasteiger partial charge is 0.313 e. The van der Waals surface area contributed by atoms with E-state index in [1.807, 2.05) is 13.8 Å². The van der Waals surface area contributed by atoms with E-state index in [9.17, 15) is 4.79 Å². The van der Waals surface area contributed by atoms with Crippen molar-refractivity contribution >= 4 is 21.6 Å². The van der Waals surface area contributed by atoms with Gasteiger partial charge in [-0.2, -0.15) is 0 Å². The molecule has 5 nitrogen and oxygen atoms in total. The van der Waals surface area contributed by atoms with Crippen LogP contribution < -0.4 is 10.9 Å². The van der Waals surface area contributed by atoms with Crippen LogP contribution in [0.1, 0.15) is 29.1 Å². The van der Waals surface area contributed by atoms with Gasteiger partial charge in [0.1, 0.15) is 10.7 Å². The first kappa shape index (κ1) is 14.7. The summed E-state index contributed by atoms with van der Waals surface area (Å²) in [5.74, 6) is 0.759. The second-order valence-electron chi connectivity index (χ2n) is 5.97. The molecule has 2 N–H and O–H groups in total. The molecule has 1 fully saturated rings. The Morgan fingerprint density at radius 1 is 1.43 bits per heavy atom. The summed E-state index contributed by atoms with van der Waals surface area (Å²) in [7, 11) is 2.08. The van der Waals surface area contributed by atoms with E-state index >= 15 is 0 Å². The zero-order chi connectivity index (χ0) is 15.0. The molecular weight excluding hydrogens is 284 g/mol. The number of nitrogens with zero attached hydrogens (tertiary/aromatic N) is 2. The zero-order valence-corrected chi connectivity index (χ0v) is 13.6. The molecule has 3 heterocycles. The van der Waals surface area contributed by atoms with Gasteiger partial charge < -0.3 is 10.3 Å². The SMILES string of the molecule is Cc1sc2nc(CN(C)CC3CCCN3)[nH]c(=O)c2c1C.